The number of rotatable bonds is 5. The second kappa shape index (κ2) is 7.61. The third-order valence-corrected chi connectivity index (χ3v) is 4.05. The number of alkyl halides is 3. The highest BCUT2D eigenvalue weighted by atomic mass is 19.4. The molecule has 0 unspecified atom stereocenters. The Morgan fingerprint density at radius 3 is 2.48 bits per heavy atom. The summed E-state index contributed by atoms with van der Waals surface area (Å²) in [6.07, 6.45) is 0.677. The molecule has 8 heteroatoms. The number of nitrogens with one attached hydrogen (secondary N) is 1. The summed E-state index contributed by atoms with van der Waals surface area (Å²) in [5.41, 5.74) is 2.38. The van der Waals surface area contributed by atoms with Crippen molar-refractivity contribution in [3.8, 4) is 11.3 Å². The van der Waals surface area contributed by atoms with Crippen molar-refractivity contribution in [2.45, 2.75) is 19.1 Å². The minimum atomic E-state index is -4.38. The van der Waals surface area contributed by atoms with Crippen molar-refractivity contribution in [2.75, 3.05) is 0 Å². The van der Waals surface area contributed by atoms with Crippen LogP contribution < -0.4 is 5.32 Å². The quantitative estimate of drug-likeness (QED) is 0.745. The molecule has 2 heterocycles. The maximum absolute atomic E-state index is 12.6. The van der Waals surface area contributed by atoms with E-state index in [0.29, 0.717) is 5.56 Å². The number of benzene rings is 1. The molecule has 0 saturated heterocycles. The maximum Gasteiger partial charge on any atom is 0.416 e. The van der Waals surface area contributed by atoms with Gasteiger partial charge < -0.3 is 5.32 Å². The van der Waals surface area contributed by atoms with Crippen LogP contribution in [0.5, 0.6) is 0 Å². The molecule has 1 amide bonds. The van der Waals surface area contributed by atoms with Crippen molar-refractivity contribution in [3.05, 3.63) is 71.7 Å². The molecule has 2 aromatic heterocycles. The first-order chi connectivity index (χ1) is 12.8. The Kier molecular flexibility index (Phi) is 5.25. The number of amides is 1. The van der Waals surface area contributed by atoms with Crippen molar-refractivity contribution in [1.29, 1.82) is 0 Å². The second-order valence-electron chi connectivity index (χ2n) is 6.07. The molecule has 0 bridgehead atoms. The second-order valence-corrected chi connectivity index (χ2v) is 6.07. The normalized spacial score (nSPS) is 11.4. The zero-order chi connectivity index (χ0) is 19.4. The van der Waals surface area contributed by atoms with Gasteiger partial charge in [-0.1, -0.05) is 12.1 Å². The van der Waals surface area contributed by atoms with Crippen LogP contribution in [0.3, 0.4) is 0 Å². The van der Waals surface area contributed by atoms with Gasteiger partial charge in [0.2, 0.25) is 5.91 Å². The number of carbonyl (C=O) groups excluding carboxylic acids is 1. The van der Waals surface area contributed by atoms with Gasteiger partial charge in [0.05, 0.1) is 17.7 Å². The number of carbonyl (C=O) groups is 1. The summed E-state index contributed by atoms with van der Waals surface area (Å²) in [5, 5.41) is 6.87. The van der Waals surface area contributed by atoms with Gasteiger partial charge in [-0.15, -0.1) is 0 Å². The van der Waals surface area contributed by atoms with Gasteiger partial charge in [0.1, 0.15) is 0 Å². The molecule has 140 valence electrons. The molecule has 27 heavy (non-hydrogen) atoms. The number of hydrogen-bond donors (Lipinski definition) is 1. The van der Waals surface area contributed by atoms with E-state index in [9.17, 15) is 18.0 Å². The molecule has 0 aliphatic heterocycles. The number of aryl methyl sites for hydroxylation is 1. The van der Waals surface area contributed by atoms with Gasteiger partial charge in [-0.3, -0.25) is 14.5 Å². The first-order valence-electron chi connectivity index (χ1n) is 8.18. The van der Waals surface area contributed by atoms with Gasteiger partial charge in [0.25, 0.3) is 0 Å². The first kappa shape index (κ1) is 18.6. The summed E-state index contributed by atoms with van der Waals surface area (Å²) in [6.45, 7) is 0.276. The lowest BCUT2D eigenvalue weighted by atomic mass is 10.1. The molecule has 1 N–H and O–H groups in total. The Morgan fingerprint density at radius 2 is 1.85 bits per heavy atom. The Morgan fingerprint density at radius 1 is 1.11 bits per heavy atom. The predicted octanol–water partition coefficient (Wildman–Crippen LogP) is 3.36. The van der Waals surface area contributed by atoms with E-state index in [1.165, 1.54) is 12.1 Å². The molecular weight excluding hydrogens is 357 g/mol. The van der Waals surface area contributed by atoms with Crippen molar-refractivity contribution >= 4 is 5.91 Å². The van der Waals surface area contributed by atoms with Gasteiger partial charge >= 0.3 is 6.18 Å². The zero-order valence-electron chi connectivity index (χ0n) is 14.5. The van der Waals surface area contributed by atoms with Crippen molar-refractivity contribution in [1.82, 2.24) is 20.1 Å². The fourth-order valence-electron chi connectivity index (χ4n) is 2.64. The van der Waals surface area contributed by atoms with Crippen LogP contribution in [-0.4, -0.2) is 20.7 Å². The van der Waals surface area contributed by atoms with Crippen LogP contribution in [0.1, 0.15) is 16.7 Å². The van der Waals surface area contributed by atoms with Crippen LogP contribution in [0.15, 0.2) is 55.0 Å². The summed E-state index contributed by atoms with van der Waals surface area (Å²) < 4.78 is 39.4. The smallest absolute Gasteiger partial charge is 0.352 e. The number of aromatic nitrogens is 3. The van der Waals surface area contributed by atoms with Gasteiger partial charge in [0.15, 0.2) is 0 Å². The van der Waals surface area contributed by atoms with Crippen molar-refractivity contribution in [3.63, 3.8) is 0 Å². The van der Waals surface area contributed by atoms with Gasteiger partial charge in [-0.25, -0.2) is 0 Å². The third kappa shape index (κ3) is 4.72. The van der Waals surface area contributed by atoms with Crippen LogP contribution in [0.2, 0.25) is 0 Å². The lowest BCUT2D eigenvalue weighted by Gasteiger charge is -2.09. The average molecular weight is 374 g/mol. The molecule has 5 nitrogen and oxygen atoms in total. The van der Waals surface area contributed by atoms with E-state index in [4.69, 9.17) is 0 Å². The summed E-state index contributed by atoms with van der Waals surface area (Å²) in [7, 11) is 1.83. The van der Waals surface area contributed by atoms with E-state index in [0.717, 1.165) is 29.0 Å². The minimum Gasteiger partial charge on any atom is -0.352 e. The maximum atomic E-state index is 12.6. The lowest BCUT2D eigenvalue weighted by molar-refractivity contribution is -0.137. The van der Waals surface area contributed by atoms with Crippen molar-refractivity contribution < 1.29 is 18.0 Å². The van der Waals surface area contributed by atoms with Crippen LogP contribution in [-0.2, 0) is 31.0 Å². The van der Waals surface area contributed by atoms with E-state index in [-0.39, 0.29) is 18.9 Å². The summed E-state index contributed by atoms with van der Waals surface area (Å²) in [4.78, 5) is 16.2. The molecule has 0 spiro atoms. The van der Waals surface area contributed by atoms with Gasteiger partial charge in [-0.2, -0.15) is 18.3 Å². The molecular formula is C19H17F3N4O. The predicted molar refractivity (Wildman–Crippen MR) is 93.4 cm³/mol. The fourth-order valence-corrected chi connectivity index (χ4v) is 2.64. The molecule has 0 aliphatic carbocycles. The van der Waals surface area contributed by atoms with E-state index < -0.39 is 11.7 Å². The molecule has 0 radical (unpaired) electrons. The zero-order valence-corrected chi connectivity index (χ0v) is 14.5. The van der Waals surface area contributed by atoms with E-state index in [1.54, 1.807) is 23.3 Å². The molecule has 1 aromatic carbocycles. The number of nitrogens with zero attached hydrogens (tertiary/aromatic N) is 3. The topological polar surface area (TPSA) is 59.8 Å². The fraction of sp³-hybridized carbons (Fsp3) is 0.211. The van der Waals surface area contributed by atoms with Crippen LogP contribution in [0, 0.1) is 0 Å². The summed E-state index contributed by atoms with van der Waals surface area (Å²) in [5.74, 6) is -0.277. The molecule has 0 aliphatic rings. The van der Waals surface area contributed by atoms with Crippen LogP contribution in [0.4, 0.5) is 13.2 Å². The standard InChI is InChI=1S/C19H17F3N4O/c1-26-17(6-7-25-26)15-8-14(10-23-12-15)11-24-18(27)9-13-2-4-16(5-3-13)19(20,21)22/h2-8,10,12H,9,11H2,1H3,(H,24,27). The summed E-state index contributed by atoms with van der Waals surface area (Å²) >= 11 is 0. The molecule has 0 atom stereocenters. The number of pyridine rings is 1. The van der Waals surface area contributed by atoms with E-state index >= 15 is 0 Å². The third-order valence-electron chi connectivity index (χ3n) is 4.05. The Bertz CT molecular complexity index is 933. The Balaban J connectivity index is 1.59. The molecule has 0 fully saturated rings. The highest BCUT2D eigenvalue weighted by Crippen LogP contribution is 2.29. The Hall–Kier alpha value is -3.16. The van der Waals surface area contributed by atoms with E-state index in [1.807, 2.05) is 19.2 Å². The van der Waals surface area contributed by atoms with Crippen molar-refractivity contribution in [2.24, 2.45) is 7.05 Å². The highest BCUT2D eigenvalue weighted by molar-refractivity contribution is 5.78. The SMILES string of the molecule is Cn1nccc1-c1cncc(CNC(=O)Cc2ccc(C(F)(F)F)cc2)c1. The molecule has 0 saturated carbocycles. The molecule has 3 aromatic rings. The van der Waals surface area contributed by atoms with Gasteiger partial charge in [-0.05, 0) is 35.4 Å². The summed E-state index contributed by atoms with van der Waals surface area (Å²) in [6, 6.07) is 8.35. The first-order valence-corrected chi connectivity index (χ1v) is 8.18. The molecule has 3 rings (SSSR count). The van der Waals surface area contributed by atoms with Crippen LogP contribution in [0.25, 0.3) is 11.3 Å². The van der Waals surface area contributed by atoms with E-state index in [2.05, 4.69) is 15.4 Å². The number of hydrogen-bond acceptors (Lipinski definition) is 3. The van der Waals surface area contributed by atoms with Gasteiger partial charge in [0, 0.05) is 37.7 Å². The monoisotopic (exact) mass is 374 g/mol. The van der Waals surface area contributed by atoms with Crippen LogP contribution >= 0.6 is 0 Å². The minimum absolute atomic E-state index is 0.00693. The average Bonchev–Trinajstić information content (AvgIpc) is 3.06. The Labute approximate surface area is 153 Å². The largest absolute Gasteiger partial charge is 0.416 e. The lowest BCUT2D eigenvalue weighted by Crippen LogP contribution is -2.24. The number of halogens is 3. The highest BCUT2D eigenvalue weighted by Gasteiger charge is 2.29.